The molecule has 4 rings (SSSR count). The van der Waals surface area contributed by atoms with Gasteiger partial charge < -0.3 is 29.2 Å². The van der Waals surface area contributed by atoms with Gasteiger partial charge in [-0.25, -0.2) is 0 Å². The number of carbonyl (C=O) groups excluding carboxylic acids is 1. The maximum absolute atomic E-state index is 14.1. The second-order valence-corrected chi connectivity index (χ2v) is 14.5. The van der Waals surface area contributed by atoms with E-state index in [4.69, 9.17) is 18.9 Å². The van der Waals surface area contributed by atoms with Crippen molar-refractivity contribution in [2.24, 2.45) is 41.4 Å². The fraction of sp³-hybridized carbons (Fsp3) is 0.970. The van der Waals surface area contributed by atoms with Crippen LogP contribution in [0.25, 0.3) is 0 Å². The van der Waals surface area contributed by atoms with E-state index in [1.807, 2.05) is 34.6 Å². The van der Waals surface area contributed by atoms with E-state index >= 15 is 0 Å². The minimum absolute atomic E-state index is 0.00138. The third-order valence-corrected chi connectivity index (χ3v) is 11.9. The van der Waals surface area contributed by atoms with Crippen LogP contribution in [0, 0.1) is 41.4 Å². The summed E-state index contributed by atoms with van der Waals surface area (Å²) >= 11 is 0. The van der Waals surface area contributed by atoms with Gasteiger partial charge >= 0.3 is 0 Å². The highest BCUT2D eigenvalue weighted by molar-refractivity contribution is 5.84. The Morgan fingerprint density at radius 1 is 0.900 bits per heavy atom. The summed E-state index contributed by atoms with van der Waals surface area (Å²) in [6.07, 6.45) is 3.08. The Bertz CT molecular complexity index is 926. The number of fused-ring (bicyclic) bond motifs is 2. The van der Waals surface area contributed by atoms with Gasteiger partial charge in [0.05, 0.1) is 30.0 Å². The molecule has 7 heteroatoms. The Morgan fingerprint density at radius 2 is 1.55 bits per heavy atom. The smallest absolute Gasteiger partial charge is 0.201 e. The zero-order chi connectivity index (χ0) is 30.0. The molecule has 232 valence electrons. The van der Waals surface area contributed by atoms with Gasteiger partial charge in [-0.1, -0.05) is 62.3 Å². The molecule has 4 aliphatic heterocycles. The van der Waals surface area contributed by atoms with E-state index in [2.05, 4.69) is 41.5 Å². The molecule has 0 aromatic heterocycles. The summed E-state index contributed by atoms with van der Waals surface area (Å²) in [5.41, 5.74) is -0.935. The molecule has 2 bridgehead atoms. The van der Waals surface area contributed by atoms with E-state index in [1.54, 1.807) is 0 Å². The number of ketones is 1. The minimum Gasteiger partial charge on any atom is -0.392 e. The molecule has 0 aromatic rings. The molecule has 0 aromatic carbocycles. The molecule has 0 radical (unpaired) electrons. The average molecular weight is 567 g/mol. The van der Waals surface area contributed by atoms with Crippen LogP contribution in [0.1, 0.15) is 115 Å². The summed E-state index contributed by atoms with van der Waals surface area (Å²) in [6, 6.07) is 0. The summed E-state index contributed by atoms with van der Waals surface area (Å²) in [4.78, 5) is 14.1. The van der Waals surface area contributed by atoms with E-state index in [9.17, 15) is 15.0 Å². The quantitative estimate of drug-likeness (QED) is 0.341. The Morgan fingerprint density at radius 3 is 2.10 bits per heavy atom. The normalized spacial score (nSPS) is 50.1. The number of ether oxygens (including phenoxy) is 4. The lowest BCUT2D eigenvalue weighted by atomic mass is 9.73. The molecule has 4 heterocycles. The highest BCUT2D eigenvalue weighted by Crippen LogP contribution is 2.62. The Hall–Kier alpha value is -0.570. The van der Waals surface area contributed by atoms with Crippen molar-refractivity contribution >= 4 is 5.78 Å². The summed E-state index contributed by atoms with van der Waals surface area (Å²) < 4.78 is 26.6. The lowest BCUT2D eigenvalue weighted by Gasteiger charge is -2.48. The van der Waals surface area contributed by atoms with Crippen LogP contribution in [-0.2, 0) is 23.7 Å². The molecule has 2 N–H and O–H groups in total. The lowest BCUT2D eigenvalue weighted by Crippen LogP contribution is -2.57. The van der Waals surface area contributed by atoms with Crippen molar-refractivity contribution in [1.29, 1.82) is 0 Å². The minimum atomic E-state index is -1.20. The first kappa shape index (κ1) is 32.3. The van der Waals surface area contributed by atoms with Gasteiger partial charge in [-0.3, -0.25) is 4.79 Å². The number of hydrogen-bond donors (Lipinski definition) is 2. The van der Waals surface area contributed by atoms with E-state index in [0.29, 0.717) is 12.8 Å². The predicted molar refractivity (Wildman–Crippen MR) is 154 cm³/mol. The molecular formula is C33H58O7. The van der Waals surface area contributed by atoms with Crippen LogP contribution in [-0.4, -0.2) is 63.2 Å². The highest BCUT2D eigenvalue weighted by atomic mass is 16.8. The van der Waals surface area contributed by atoms with Crippen LogP contribution in [0.5, 0.6) is 0 Å². The van der Waals surface area contributed by atoms with Gasteiger partial charge in [-0.05, 0) is 64.2 Å². The Balaban J connectivity index is 1.50. The number of Topliss-reactive ketones (excluding diaryl/α,β-unsaturated/α-hetero) is 1. The van der Waals surface area contributed by atoms with Gasteiger partial charge in [-0.15, -0.1) is 0 Å². The van der Waals surface area contributed by atoms with Gasteiger partial charge in [0.2, 0.25) is 5.79 Å². The Labute approximate surface area is 243 Å². The van der Waals surface area contributed by atoms with Crippen LogP contribution in [0.15, 0.2) is 0 Å². The summed E-state index contributed by atoms with van der Waals surface area (Å²) in [7, 11) is 0. The van der Waals surface area contributed by atoms with E-state index in [1.165, 1.54) is 0 Å². The van der Waals surface area contributed by atoms with Gasteiger partial charge in [0.25, 0.3) is 0 Å². The first-order valence-corrected chi connectivity index (χ1v) is 16.2. The van der Waals surface area contributed by atoms with Crippen LogP contribution in [0.3, 0.4) is 0 Å². The first-order chi connectivity index (χ1) is 18.5. The molecule has 0 amide bonds. The average Bonchev–Trinajstić information content (AvgIpc) is 3.51. The van der Waals surface area contributed by atoms with E-state index in [-0.39, 0.29) is 65.2 Å². The fourth-order valence-corrected chi connectivity index (χ4v) is 9.16. The molecular weight excluding hydrogens is 508 g/mol. The molecule has 0 saturated carbocycles. The van der Waals surface area contributed by atoms with Crippen LogP contribution in [0.2, 0.25) is 0 Å². The third kappa shape index (κ3) is 4.83. The molecule has 1 unspecified atom stereocenters. The third-order valence-electron chi connectivity index (χ3n) is 11.9. The SMILES string of the molecule is CC[C@@H](C(=O)[C@@H](C)[C@@H](O)[C@H](C)[C@H]1O[C@@](O)(CC)[C@H](C)C[C@@H]1C)[C@H]1O[C@](C)(C23O[C@@H](C)[C@@](CC)(C[C@@H]2C)O3)C[C@@H]1C. The number of rotatable bonds is 10. The molecule has 7 nitrogen and oxygen atoms in total. The monoisotopic (exact) mass is 566 g/mol. The predicted octanol–water partition coefficient (Wildman–Crippen LogP) is 5.88. The van der Waals surface area contributed by atoms with Crippen molar-refractivity contribution in [3.63, 3.8) is 0 Å². The standard InChI is InChI=1S/C33H58O7/c1-12-25(27(35)22(8)26(34)23(9)28-18(4)15-20(6)32(36,14-3)39-28)29-19(5)16-30(11,38-29)33-21(7)17-31(13-2,40-33)24(10)37-33/h18-26,28-29,34,36H,12-17H2,1-11H3/t18-,19-,20+,21-,22-,23-,24-,25-,26+,28-,29-,30-,31+,32-,33?/m0/s1. The van der Waals surface area contributed by atoms with Crippen LogP contribution < -0.4 is 0 Å². The summed E-state index contributed by atoms with van der Waals surface area (Å²) in [5.74, 6) is -2.67. The first-order valence-electron chi connectivity index (χ1n) is 16.2. The van der Waals surface area contributed by atoms with Crippen molar-refractivity contribution in [2.75, 3.05) is 0 Å². The van der Waals surface area contributed by atoms with Gasteiger partial charge in [0, 0.05) is 29.6 Å². The van der Waals surface area contributed by atoms with Gasteiger partial charge in [0.15, 0.2) is 5.79 Å². The summed E-state index contributed by atoms with van der Waals surface area (Å²) in [5, 5.41) is 22.6. The second-order valence-electron chi connectivity index (χ2n) is 14.5. The number of carbonyl (C=O) groups is 1. The number of aliphatic hydroxyl groups is 2. The fourth-order valence-electron chi connectivity index (χ4n) is 9.16. The topological polar surface area (TPSA) is 94.5 Å². The zero-order valence-corrected chi connectivity index (χ0v) is 27.0. The molecule has 4 saturated heterocycles. The van der Waals surface area contributed by atoms with Crippen molar-refractivity contribution in [3.8, 4) is 0 Å². The van der Waals surface area contributed by atoms with Crippen molar-refractivity contribution in [1.82, 2.24) is 0 Å². The Kier molecular flexibility index (Phi) is 9.03. The maximum Gasteiger partial charge on any atom is 0.201 e. The van der Waals surface area contributed by atoms with Crippen LogP contribution in [0.4, 0.5) is 0 Å². The van der Waals surface area contributed by atoms with Crippen molar-refractivity contribution < 1.29 is 34.0 Å². The largest absolute Gasteiger partial charge is 0.392 e. The second kappa shape index (κ2) is 11.2. The highest BCUT2D eigenvalue weighted by Gasteiger charge is 2.73. The van der Waals surface area contributed by atoms with Crippen molar-refractivity contribution in [2.45, 2.75) is 162 Å². The molecule has 4 fully saturated rings. The van der Waals surface area contributed by atoms with Gasteiger partial charge in [0.1, 0.15) is 11.4 Å². The lowest BCUT2D eigenvalue weighted by molar-refractivity contribution is -0.306. The van der Waals surface area contributed by atoms with E-state index in [0.717, 1.165) is 25.7 Å². The number of aliphatic hydroxyl groups excluding tert-OH is 1. The molecule has 4 aliphatic rings. The summed E-state index contributed by atoms with van der Waals surface area (Å²) in [6.45, 7) is 22.6. The molecule has 40 heavy (non-hydrogen) atoms. The molecule has 15 atom stereocenters. The molecule has 0 spiro atoms. The van der Waals surface area contributed by atoms with Crippen LogP contribution >= 0.6 is 0 Å². The zero-order valence-electron chi connectivity index (χ0n) is 27.0. The maximum atomic E-state index is 14.1. The number of hydrogen-bond acceptors (Lipinski definition) is 7. The van der Waals surface area contributed by atoms with Gasteiger partial charge in [-0.2, -0.15) is 0 Å². The molecule has 0 aliphatic carbocycles. The van der Waals surface area contributed by atoms with E-state index < -0.39 is 29.2 Å². The van der Waals surface area contributed by atoms with Crippen molar-refractivity contribution in [3.05, 3.63) is 0 Å².